The highest BCUT2D eigenvalue weighted by molar-refractivity contribution is 6.00. The Bertz CT molecular complexity index is 235. The van der Waals surface area contributed by atoms with Gasteiger partial charge in [-0.2, -0.15) is 0 Å². The maximum Gasteiger partial charge on any atom is 0.178 e. The van der Waals surface area contributed by atoms with Gasteiger partial charge in [0.05, 0.1) is 5.60 Å². The number of carbonyl (C=O) groups excluding carboxylic acids is 1. The summed E-state index contributed by atoms with van der Waals surface area (Å²) >= 11 is 0. The second-order valence-corrected chi connectivity index (χ2v) is 3.69. The lowest BCUT2D eigenvalue weighted by Crippen LogP contribution is -2.14. The van der Waals surface area contributed by atoms with E-state index in [0.717, 1.165) is 12.8 Å². The third-order valence-electron chi connectivity index (χ3n) is 1.54. The minimum Gasteiger partial charge on any atom is -0.386 e. The van der Waals surface area contributed by atoms with E-state index in [9.17, 15) is 9.90 Å². The Hall–Kier alpha value is -0.890. The molecule has 0 aliphatic heterocycles. The van der Waals surface area contributed by atoms with Gasteiger partial charge >= 0.3 is 0 Å². The van der Waals surface area contributed by atoms with Crippen molar-refractivity contribution in [3.05, 3.63) is 23.8 Å². The summed E-state index contributed by atoms with van der Waals surface area (Å²) < 4.78 is 0. The molecule has 2 nitrogen and oxygen atoms in total. The Morgan fingerprint density at radius 2 is 2.08 bits per heavy atom. The third-order valence-corrected chi connectivity index (χ3v) is 1.54. The van der Waals surface area contributed by atoms with Gasteiger partial charge in [0.1, 0.15) is 0 Å². The van der Waals surface area contributed by atoms with E-state index in [1.54, 1.807) is 19.9 Å². The van der Waals surface area contributed by atoms with Gasteiger partial charge in [0, 0.05) is 0 Å². The van der Waals surface area contributed by atoms with Crippen molar-refractivity contribution in [2.45, 2.75) is 32.3 Å². The van der Waals surface area contributed by atoms with Gasteiger partial charge in [-0.15, -0.1) is 0 Å². The molecule has 1 fully saturated rings. The fourth-order valence-corrected chi connectivity index (χ4v) is 0.752. The van der Waals surface area contributed by atoms with Crippen molar-refractivity contribution < 1.29 is 9.90 Å². The van der Waals surface area contributed by atoms with Crippen LogP contribution in [0.1, 0.15) is 26.7 Å². The lowest BCUT2D eigenvalue weighted by molar-refractivity contribution is -0.110. The van der Waals surface area contributed by atoms with Crippen LogP contribution in [-0.2, 0) is 4.79 Å². The van der Waals surface area contributed by atoms with Gasteiger partial charge in [-0.3, -0.25) is 4.79 Å². The number of rotatable bonds is 3. The van der Waals surface area contributed by atoms with E-state index < -0.39 is 5.60 Å². The molecule has 0 spiro atoms. The molecule has 1 aliphatic carbocycles. The third kappa shape index (κ3) is 4.09. The fourth-order valence-electron chi connectivity index (χ4n) is 0.752. The van der Waals surface area contributed by atoms with Crippen LogP contribution in [0.4, 0.5) is 0 Å². The molecule has 12 heavy (non-hydrogen) atoms. The van der Waals surface area contributed by atoms with E-state index in [2.05, 4.69) is 0 Å². The summed E-state index contributed by atoms with van der Waals surface area (Å²) in [7, 11) is 0. The average Bonchev–Trinajstić information content (AvgIpc) is 2.66. The molecule has 2 heteroatoms. The molecule has 0 heterocycles. The monoisotopic (exact) mass is 166 g/mol. The Kier molecular flexibility index (Phi) is 2.48. The van der Waals surface area contributed by atoms with Crippen LogP contribution in [0.3, 0.4) is 0 Å². The molecule has 1 N–H and O–H groups in total. The van der Waals surface area contributed by atoms with Crippen LogP contribution in [0.25, 0.3) is 0 Å². The molecule has 0 unspecified atom stereocenters. The minimum absolute atomic E-state index is 0.0235. The summed E-state index contributed by atoms with van der Waals surface area (Å²) in [5.74, 6) is -0.0235. The molecule has 0 aromatic heterocycles. The van der Waals surface area contributed by atoms with Gasteiger partial charge in [0.15, 0.2) is 5.78 Å². The molecule has 0 amide bonds. The molecule has 1 aliphatic rings. The first-order valence-corrected chi connectivity index (χ1v) is 4.12. The molecule has 1 rings (SSSR count). The van der Waals surface area contributed by atoms with Gasteiger partial charge < -0.3 is 5.11 Å². The topological polar surface area (TPSA) is 37.3 Å². The van der Waals surface area contributed by atoms with E-state index in [1.807, 2.05) is 0 Å². The van der Waals surface area contributed by atoms with Gasteiger partial charge in [0.25, 0.3) is 0 Å². The van der Waals surface area contributed by atoms with Crippen LogP contribution < -0.4 is 0 Å². The summed E-state index contributed by atoms with van der Waals surface area (Å²) in [5, 5.41) is 9.26. The number of hydrogen-bond acceptors (Lipinski definition) is 2. The Balaban J connectivity index is 2.45. The number of allylic oxidation sites excluding steroid dienone is 3. The smallest absolute Gasteiger partial charge is 0.178 e. The van der Waals surface area contributed by atoms with Crippen molar-refractivity contribution in [3.63, 3.8) is 0 Å². The molecular weight excluding hydrogens is 152 g/mol. The maximum atomic E-state index is 11.1. The number of carbonyl (C=O) groups is 1. The summed E-state index contributed by atoms with van der Waals surface area (Å²) in [6.45, 7) is 3.28. The SMILES string of the molecule is CC(C)(O)/C=C/C(=O)C=C1CC1. The van der Waals surface area contributed by atoms with Crippen molar-refractivity contribution in [2.24, 2.45) is 0 Å². The molecule has 0 bridgehead atoms. The first-order chi connectivity index (χ1) is 5.47. The molecule has 0 aromatic carbocycles. The number of ketones is 1. The predicted molar refractivity (Wildman–Crippen MR) is 47.8 cm³/mol. The van der Waals surface area contributed by atoms with E-state index >= 15 is 0 Å². The average molecular weight is 166 g/mol. The van der Waals surface area contributed by atoms with Crippen LogP contribution in [0.5, 0.6) is 0 Å². The van der Waals surface area contributed by atoms with E-state index in [-0.39, 0.29) is 5.78 Å². The quantitative estimate of drug-likeness (QED) is 0.646. The highest BCUT2D eigenvalue weighted by atomic mass is 16.3. The molecule has 0 saturated heterocycles. The molecular formula is C10H14O2. The zero-order valence-electron chi connectivity index (χ0n) is 7.50. The molecule has 66 valence electrons. The molecule has 1 saturated carbocycles. The van der Waals surface area contributed by atoms with Crippen molar-refractivity contribution in [2.75, 3.05) is 0 Å². The Morgan fingerprint density at radius 1 is 1.50 bits per heavy atom. The zero-order chi connectivity index (χ0) is 9.19. The second-order valence-electron chi connectivity index (χ2n) is 3.69. The second kappa shape index (κ2) is 3.23. The minimum atomic E-state index is -0.891. The lowest BCUT2D eigenvalue weighted by atomic mass is 10.1. The summed E-state index contributed by atoms with van der Waals surface area (Å²) in [6, 6.07) is 0. The van der Waals surface area contributed by atoms with Crippen LogP contribution >= 0.6 is 0 Å². The van der Waals surface area contributed by atoms with Crippen LogP contribution in [0.2, 0.25) is 0 Å². The first kappa shape index (κ1) is 9.20. The van der Waals surface area contributed by atoms with E-state index in [1.165, 1.54) is 17.7 Å². The highest BCUT2D eigenvalue weighted by Gasteiger charge is 2.12. The van der Waals surface area contributed by atoms with Gasteiger partial charge in [-0.05, 0) is 44.9 Å². The van der Waals surface area contributed by atoms with Crippen molar-refractivity contribution >= 4 is 5.78 Å². The maximum absolute atomic E-state index is 11.1. The summed E-state index contributed by atoms with van der Waals surface area (Å²) in [5.41, 5.74) is 0.318. The molecule has 0 atom stereocenters. The fraction of sp³-hybridized carbons (Fsp3) is 0.500. The van der Waals surface area contributed by atoms with Crippen molar-refractivity contribution in [1.29, 1.82) is 0 Å². The standard InChI is InChI=1S/C10H14O2/c1-10(2,12)6-5-9(11)7-8-3-4-8/h5-7,12H,3-4H2,1-2H3/b6-5+. The first-order valence-electron chi connectivity index (χ1n) is 4.12. The van der Waals surface area contributed by atoms with Gasteiger partial charge in [-0.25, -0.2) is 0 Å². The highest BCUT2D eigenvalue weighted by Crippen LogP contribution is 2.27. The van der Waals surface area contributed by atoms with Crippen LogP contribution in [-0.4, -0.2) is 16.5 Å². The molecule has 0 radical (unpaired) electrons. The van der Waals surface area contributed by atoms with Gasteiger partial charge in [-0.1, -0.05) is 5.57 Å². The summed E-state index contributed by atoms with van der Waals surface area (Å²) in [6.07, 6.45) is 6.69. The van der Waals surface area contributed by atoms with Crippen LogP contribution in [0.15, 0.2) is 23.8 Å². The zero-order valence-corrected chi connectivity index (χ0v) is 7.50. The Morgan fingerprint density at radius 3 is 2.50 bits per heavy atom. The largest absolute Gasteiger partial charge is 0.386 e. The lowest BCUT2D eigenvalue weighted by Gasteiger charge is -2.08. The van der Waals surface area contributed by atoms with Crippen LogP contribution in [0, 0.1) is 0 Å². The number of aliphatic hydroxyl groups is 1. The predicted octanol–water partition coefficient (Wildman–Crippen LogP) is 1.60. The van der Waals surface area contributed by atoms with Gasteiger partial charge in [0.2, 0.25) is 0 Å². The molecule has 0 aromatic rings. The normalized spacial score (nSPS) is 16.8. The van der Waals surface area contributed by atoms with Crippen molar-refractivity contribution in [1.82, 2.24) is 0 Å². The van der Waals surface area contributed by atoms with Crippen molar-refractivity contribution in [3.8, 4) is 0 Å². The number of hydrogen-bond donors (Lipinski definition) is 1. The summed E-state index contributed by atoms with van der Waals surface area (Å²) in [4.78, 5) is 11.1. The van der Waals surface area contributed by atoms with E-state index in [0.29, 0.717) is 0 Å². The Labute approximate surface area is 72.6 Å². The van der Waals surface area contributed by atoms with E-state index in [4.69, 9.17) is 0 Å².